The Kier molecular flexibility index (Phi) is 3.17. The van der Waals surface area contributed by atoms with Crippen molar-refractivity contribution in [3.8, 4) is 5.75 Å². The lowest BCUT2D eigenvalue weighted by molar-refractivity contribution is 0.0528. The number of hydrogen-bond donors (Lipinski definition) is 1. The van der Waals surface area contributed by atoms with Crippen LogP contribution in [0.5, 0.6) is 5.75 Å². The minimum absolute atomic E-state index is 0.319. The Morgan fingerprint density at radius 3 is 3.30 bits per heavy atom. The van der Waals surface area contributed by atoms with Crippen LogP contribution in [-0.2, 0) is 4.74 Å². The van der Waals surface area contributed by atoms with E-state index in [2.05, 4.69) is 22.3 Å². The van der Waals surface area contributed by atoms with Crippen LogP contribution in [0.3, 0.4) is 0 Å². The molecule has 0 saturated heterocycles. The fraction of sp³-hybridized carbons (Fsp3) is 0.462. The maximum absolute atomic E-state index is 11.8. The molecule has 0 unspecified atom stereocenters. The van der Waals surface area contributed by atoms with Gasteiger partial charge < -0.3 is 14.8 Å². The molecule has 2 aromatic rings. The van der Waals surface area contributed by atoms with E-state index in [-0.39, 0.29) is 0 Å². The Morgan fingerprint density at radius 1 is 1.65 bits per heavy atom. The van der Waals surface area contributed by atoms with Gasteiger partial charge in [-0.3, -0.25) is 0 Å². The van der Waals surface area contributed by atoms with Gasteiger partial charge in [-0.2, -0.15) is 5.10 Å². The smallest absolute Gasteiger partial charge is 0.343 e. The largest absolute Gasteiger partial charge is 0.488 e. The monoisotopic (exact) mass is 276 g/mol. The number of carbonyl (C=O) groups is 1. The zero-order chi connectivity index (χ0) is 14.1. The van der Waals surface area contributed by atoms with Gasteiger partial charge in [0, 0.05) is 12.5 Å². The summed E-state index contributed by atoms with van der Waals surface area (Å²) in [7, 11) is 0. The van der Waals surface area contributed by atoms with Gasteiger partial charge >= 0.3 is 5.97 Å². The molecule has 1 N–H and O–H groups in total. The van der Waals surface area contributed by atoms with Gasteiger partial charge in [0.05, 0.1) is 25.6 Å². The topological polar surface area (TPSA) is 77.8 Å². The van der Waals surface area contributed by atoms with Crippen molar-refractivity contribution < 1.29 is 14.3 Å². The lowest BCUT2D eigenvalue weighted by Crippen LogP contribution is -2.14. The van der Waals surface area contributed by atoms with E-state index >= 15 is 0 Å². The van der Waals surface area contributed by atoms with Crippen molar-refractivity contribution in [2.75, 3.05) is 25.1 Å². The molecule has 0 saturated carbocycles. The second kappa shape index (κ2) is 4.99. The first-order chi connectivity index (χ1) is 9.69. The molecule has 0 aliphatic carbocycles. The summed E-state index contributed by atoms with van der Waals surface area (Å²) in [4.78, 5) is 16.3. The molecule has 0 fully saturated rings. The van der Waals surface area contributed by atoms with E-state index in [1.54, 1.807) is 13.1 Å². The fourth-order valence-corrected chi connectivity index (χ4v) is 2.04. The summed E-state index contributed by atoms with van der Waals surface area (Å²) in [6, 6.07) is 0. The molecule has 0 radical (unpaired) electrons. The lowest BCUT2D eigenvalue weighted by Gasteiger charge is -2.07. The molecule has 0 amide bonds. The number of nitrogens with one attached hydrogen (secondary N) is 1. The molecule has 7 nitrogen and oxygen atoms in total. The number of ether oxygens (including phenoxy) is 2. The van der Waals surface area contributed by atoms with Crippen molar-refractivity contribution in [2.24, 2.45) is 5.92 Å². The number of aromatic nitrogens is 3. The molecule has 3 heterocycles. The predicted octanol–water partition coefficient (Wildman–Crippen LogP) is 1.35. The first-order valence-electron chi connectivity index (χ1n) is 6.61. The Hall–Kier alpha value is -2.31. The highest BCUT2D eigenvalue weighted by molar-refractivity contribution is 5.95. The van der Waals surface area contributed by atoms with Crippen LogP contribution in [0.4, 0.5) is 5.82 Å². The summed E-state index contributed by atoms with van der Waals surface area (Å²) < 4.78 is 12.2. The predicted molar refractivity (Wildman–Crippen MR) is 72.1 cm³/mol. The highest BCUT2D eigenvalue weighted by Crippen LogP contribution is 2.27. The molecule has 1 atom stereocenters. The van der Waals surface area contributed by atoms with Crippen LogP contribution in [0, 0.1) is 5.92 Å². The third kappa shape index (κ3) is 2.15. The van der Waals surface area contributed by atoms with E-state index < -0.39 is 5.97 Å². The van der Waals surface area contributed by atoms with E-state index in [1.165, 1.54) is 10.7 Å². The molecule has 106 valence electrons. The molecule has 0 bridgehead atoms. The van der Waals surface area contributed by atoms with E-state index in [0.29, 0.717) is 41.9 Å². The van der Waals surface area contributed by atoms with Crippen LogP contribution in [0.1, 0.15) is 24.2 Å². The summed E-state index contributed by atoms with van der Waals surface area (Å²) in [5.41, 5.74) is 0.821. The number of anilines is 1. The summed E-state index contributed by atoms with van der Waals surface area (Å²) in [5.74, 6) is 1.24. The van der Waals surface area contributed by atoms with Gasteiger partial charge in [0.15, 0.2) is 17.2 Å². The summed E-state index contributed by atoms with van der Waals surface area (Å²) >= 11 is 0. The van der Waals surface area contributed by atoms with Gasteiger partial charge in [0.2, 0.25) is 0 Å². The maximum Gasteiger partial charge on any atom is 0.343 e. The Bertz CT molecular complexity index is 652. The highest BCUT2D eigenvalue weighted by Gasteiger charge is 2.20. The molecule has 0 aromatic carbocycles. The third-order valence-electron chi connectivity index (χ3n) is 3.10. The molecular formula is C13H16N4O3. The number of hydrogen-bond acceptors (Lipinski definition) is 6. The van der Waals surface area contributed by atoms with E-state index in [4.69, 9.17) is 9.47 Å². The van der Waals surface area contributed by atoms with Crippen LogP contribution in [0.25, 0.3) is 5.65 Å². The van der Waals surface area contributed by atoms with Crippen molar-refractivity contribution in [2.45, 2.75) is 13.8 Å². The van der Waals surface area contributed by atoms with Crippen LogP contribution in [0.15, 0.2) is 12.4 Å². The van der Waals surface area contributed by atoms with Crippen LogP contribution >= 0.6 is 0 Å². The minimum Gasteiger partial charge on any atom is -0.488 e. The normalized spacial score (nSPS) is 17.8. The molecule has 1 aliphatic rings. The number of nitrogens with zero attached hydrogens (tertiary/aromatic N) is 3. The number of rotatable bonds is 2. The van der Waals surface area contributed by atoms with Crippen molar-refractivity contribution in [1.82, 2.24) is 14.6 Å². The average molecular weight is 276 g/mol. The van der Waals surface area contributed by atoms with E-state index in [9.17, 15) is 4.79 Å². The molecule has 20 heavy (non-hydrogen) atoms. The fourth-order valence-electron chi connectivity index (χ4n) is 2.04. The first-order valence-corrected chi connectivity index (χ1v) is 6.61. The van der Waals surface area contributed by atoms with Gasteiger partial charge in [0.25, 0.3) is 0 Å². The van der Waals surface area contributed by atoms with Gasteiger partial charge in [-0.05, 0) is 6.92 Å². The Morgan fingerprint density at radius 2 is 2.50 bits per heavy atom. The standard InChI is InChI=1S/C13H16N4O3/c1-3-19-13(18)9-5-15-17-6-10-11(16-12(9)17)14-4-8(2)7-20-10/h5-6,8H,3-4,7H2,1-2H3,(H,14,16)/t8-/m0/s1. The molecule has 3 rings (SSSR count). The van der Waals surface area contributed by atoms with Crippen LogP contribution in [0.2, 0.25) is 0 Å². The minimum atomic E-state index is -0.419. The molecule has 2 aromatic heterocycles. The SMILES string of the molecule is CCOC(=O)c1cnn2cc3c(nc12)NC[C@H](C)CO3. The number of fused-ring (bicyclic) bond motifs is 2. The van der Waals surface area contributed by atoms with Gasteiger partial charge in [0.1, 0.15) is 5.56 Å². The van der Waals surface area contributed by atoms with Crippen molar-refractivity contribution >= 4 is 17.4 Å². The highest BCUT2D eigenvalue weighted by atomic mass is 16.5. The second-order valence-electron chi connectivity index (χ2n) is 4.80. The number of esters is 1. The van der Waals surface area contributed by atoms with E-state index in [0.717, 1.165) is 6.54 Å². The summed E-state index contributed by atoms with van der Waals surface area (Å²) in [6.45, 7) is 5.58. The third-order valence-corrected chi connectivity index (χ3v) is 3.10. The van der Waals surface area contributed by atoms with Crippen molar-refractivity contribution in [1.29, 1.82) is 0 Å². The van der Waals surface area contributed by atoms with E-state index in [1.807, 2.05) is 0 Å². The molecule has 1 aliphatic heterocycles. The average Bonchev–Trinajstić information content (AvgIpc) is 2.76. The van der Waals surface area contributed by atoms with Crippen LogP contribution in [-0.4, -0.2) is 40.3 Å². The maximum atomic E-state index is 11.8. The van der Waals surface area contributed by atoms with Crippen LogP contribution < -0.4 is 10.1 Å². The second-order valence-corrected chi connectivity index (χ2v) is 4.80. The van der Waals surface area contributed by atoms with Gasteiger partial charge in [-0.15, -0.1) is 0 Å². The summed E-state index contributed by atoms with van der Waals surface area (Å²) in [5, 5.41) is 7.35. The lowest BCUT2D eigenvalue weighted by atomic mass is 10.2. The van der Waals surface area contributed by atoms with Crippen molar-refractivity contribution in [3.63, 3.8) is 0 Å². The van der Waals surface area contributed by atoms with Gasteiger partial charge in [-0.1, -0.05) is 6.92 Å². The molecule has 0 spiro atoms. The first kappa shape index (κ1) is 12.7. The van der Waals surface area contributed by atoms with Crippen molar-refractivity contribution in [3.05, 3.63) is 18.0 Å². The Balaban J connectivity index is 2.04. The quantitative estimate of drug-likeness (QED) is 0.834. The zero-order valence-corrected chi connectivity index (χ0v) is 11.4. The summed E-state index contributed by atoms with van der Waals surface area (Å²) in [6.07, 6.45) is 3.19. The zero-order valence-electron chi connectivity index (χ0n) is 11.4. The van der Waals surface area contributed by atoms with Gasteiger partial charge in [-0.25, -0.2) is 14.3 Å². The molecule has 7 heteroatoms. The Labute approximate surface area is 115 Å². The molecular weight excluding hydrogens is 260 g/mol. The number of carbonyl (C=O) groups excluding carboxylic acids is 1.